The number of imidazole rings is 1. The highest BCUT2D eigenvalue weighted by Gasteiger charge is 2.03. The molecule has 0 bridgehead atoms. The van der Waals surface area contributed by atoms with Crippen molar-refractivity contribution in [2.75, 3.05) is 7.05 Å². The molecule has 5 nitrogen and oxygen atoms in total. The first kappa shape index (κ1) is 8.96. The van der Waals surface area contributed by atoms with Crippen LogP contribution in [0.2, 0.25) is 0 Å². The molecule has 0 aliphatic heterocycles. The van der Waals surface area contributed by atoms with Crippen molar-refractivity contribution in [1.29, 1.82) is 0 Å². The molecule has 0 unspecified atom stereocenters. The standard InChI is InChI=1S/C9H12N4O/c1-10-6-9-11-4-5-13(9)7-8-2-3-12-14-8/h2-5,10H,6-7H2,1H3. The maximum absolute atomic E-state index is 5.02. The first-order valence-electron chi connectivity index (χ1n) is 4.44. The third-order valence-corrected chi connectivity index (χ3v) is 1.95. The number of aromatic nitrogens is 3. The number of rotatable bonds is 4. The fraction of sp³-hybridized carbons (Fsp3) is 0.333. The number of nitrogens with one attached hydrogen (secondary N) is 1. The largest absolute Gasteiger partial charge is 0.359 e. The van der Waals surface area contributed by atoms with E-state index in [1.54, 1.807) is 12.4 Å². The van der Waals surface area contributed by atoms with Crippen LogP contribution in [0, 0.1) is 0 Å². The first-order valence-corrected chi connectivity index (χ1v) is 4.44. The van der Waals surface area contributed by atoms with Gasteiger partial charge in [-0.25, -0.2) is 4.98 Å². The molecule has 2 aromatic heterocycles. The van der Waals surface area contributed by atoms with Gasteiger partial charge in [0, 0.05) is 18.5 Å². The molecule has 74 valence electrons. The monoisotopic (exact) mass is 192 g/mol. The molecule has 0 radical (unpaired) electrons. The molecule has 0 fully saturated rings. The van der Waals surface area contributed by atoms with Gasteiger partial charge in [-0.1, -0.05) is 5.16 Å². The van der Waals surface area contributed by atoms with Crippen molar-refractivity contribution < 1.29 is 4.52 Å². The van der Waals surface area contributed by atoms with Crippen molar-refractivity contribution in [2.45, 2.75) is 13.1 Å². The Morgan fingerprint density at radius 3 is 3.14 bits per heavy atom. The van der Waals surface area contributed by atoms with Crippen molar-refractivity contribution in [3.8, 4) is 0 Å². The molecule has 1 N–H and O–H groups in total. The van der Waals surface area contributed by atoms with E-state index in [4.69, 9.17) is 4.52 Å². The third kappa shape index (κ3) is 1.82. The molecule has 0 amide bonds. The smallest absolute Gasteiger partial charge is 0.156 e. The van der Waals surface area contributed by atoms with E-state index in [1.807, 2.05) is 23.9 Å². The summed E-state index contributed by atoms with van der Waals surface area (Å²) in [4.78, 5) is 4.22. The normalized spacial score (nSPS) is 10.6. The van der Waals surface area contributed by atoms with E-state index >= 15 is 0 Å². The summed E-state index contributed by atoms with van der Waals surface area (Å²) in [6.45, 7) is 1.43. The lowest BCUT2D eigenvalue weighted by molar-refractivity contribution is 0.374. The number of hydrogen-bond acceptors (Lipinski definition) is 4. The average Bonchev–Trinajstić information content (AvgIpc) is 2.80. The molecule has 0 spiro atoms. The molecular formula is C9H12N4O. The highest BCUT2D eigenvalue weighted by molar-refractivity contribution is 4.99. The molecule has 2 heterocycles. The second-order valence-electron chi connectivity index (χ2n) is 2.98. The maximum Gasteiger partial charge on any atom is 0.156 e. The first-order chi connectivity index (χ1) is 6.90. The van der Waals surface area contributed by atoms with Crippen LogP contribution >= 0.6 is 0 Å². The summed E-state index contributed by atoms with van der Waals surface area (Å²) in [7, 11) is 1.90. The Bertz CT molecular complexity index is 379. The Morgan fingerprint density at radius 2 is 2.43 bits per heavy atom. The van der Waals surface area contributed by atoms with Crippen molar-refractivity contribution >= 4 is 0 Å². The van der Waals surface area contributed by atoms with Crippen LogP contribution in [0.5, 0.6) is 0 Å². The van der Waals surface area contributed by atoms with Crippen LogP contribution in [0.4, 0.5) is 0 Å². The zero-order chi connectivity index (χ0) is 9.80. The van der Waals surface area contributed by atoms with E-state index in [1.165, 1.54) is 0 Å². The molecule has 14 heavy (non-hydrogen) atoms. The van der Waals surface area contributed by atoms with E-state index < -0.39 is 0 Å². The van der Waals surface area contributed by atoms with Crippen LogP contribution in [-0.4, -0.2) is 21.8 Å². The zero-order valence-electron chi connectivity index (χ0n) is 7.97. The van der Waals surface area contributed by atoms with Gasteiger partial charge in [0.15, 0.2) is 5.76 Å². The predicted molar refractivity (Wildman–Crippen MR) is 50.6 cm³/mol. The van der Waals surface area contributed by atoms with Gasteiger partial charge in [0.1, 0.15) is 5.82 Å². The van der Waals surface area contributed by atoms with Gasteiger partial charge in [-0.05, 0) is 7.05 Å². The predicted octanol–water partition coefficient (Wildman–Crippen LogP) is 0.639. The van der Waals surface area contributed by atoms with Gasteiger partial charge in [0.2, 0.25) is 0 Å². The lowest BCUT2D eigenvalue weighted by Gasteiger charge is -2.04. The van der Waals surface area contributed by atoms with Crippen LogP contribution in [0.15, 0.2) is 29.2 Å². The van der Waals surface area contributed by atoms with Gasteiger partial charge in [0.05, 0.1) is 19.3 Å². The molecule has 2 rings (SSSR count). The number of hydrogen-bond donors (Lipinski definition) is 1. The molecule has 0 aliphatic rings. The van der Waals surface area contributed by atoms with E-state index in [9.17, 15) is 0 Å². The Kier molecular flexibility index (Phi) is 2.60. The van der Waals surface area contributed by atoms with Crippen LogP contribution in [0.3, 0.4) is 0 Å². The Hall–Kier alpha value is -1.62. The van der Waals surface area contributed by atoms with E-state index in [2.05, 4.69) is 15.5 Å². The minimum atomic E-state index is 0.678. The number of nitrogens with zero attached hydrogens (tertiary/aromatic N) is 3. The Balaban J connectivity index is 2.12. The van der Waals surface area contributed by atoms with Gasteiger partial charge in [-0.3, -0.25) is 0 Å². The van der Waals surface area contributed by atoms with Crippen LogP contribution in [-0.2, 0) is 13.1 Å². The van der Waals surface area contributed by atoms with Gasteiger partial charge >= 0.3 is 0 Å². The zero-order valence-corrected chi connectivity index (χ0v) is 7.97. The van der Waals surface area contributed by atoms with E-state index in [0.717, 1.165) is 18.1 Å². The summed E-state index contributed by atoms with van der Waals surface area (Å²) in [6, 6.07) is 1.85. The molecule has 0 atom stereocenters. The van der Waals surface area contributed by atoms with Crippen molar-refractivity contribution in [2.24, 2.45) is 0 Å². The third-order valence-electron chi connectivity index (χ3n) is 1.95. The highest BCUT2D eigenvalue weighted by Crippen LogP contribution is 2.04. The second-order valence-corrected chi connectivity index (χ2v) is 2.98. The average molecular weight is 192 g/mol. The molecule has 5 heteroatoms. The van der Waals surface area contributed by atoms with Crippen molar-refractivity contribution in [1.82, 2.24) is 20.0 Å². The van der Waals surface area contributed by atoms with Gasteiger partial charge in [0.25, 0.3) is 0 Å². The maximum atomic E-state index is 5.02. The lowest BCUT2D eigenvalue weighted by atomic mass is 10.4. The summed E-state index contributed by atoms with van der Waals surface area (Å²) < 4.78 is 7.05. The van der Waals surface area contributed by atoms with Crippen molar-refractivity contribution in [3.63, 3.8) is 0 Å². The van der Waals surface area contributed by atoms with Gasteiger partial charge in [-0.2, -0.15) is 0 Å². The minimum absolute atomic E-state index is 0.678. The summed E-state index contributed by atoms with van der Waals surface area (Å²) in [6.07, 6.45) is 5.35. The molecular weight excluding hydrogens is 180 g/mol. The summed E-state index contributed by atoms with van der Waals surface area (Å²) in [5, 5.41) is 6.71. The van der Waals surface area contributed by atoms with Gasteiger partial charge < -0.3 is 14.4 Å². The van der Waals surface area contributed by atoms with E-state index in [-0.39, 0.29) is 0 Å². The van der Waals surface area contributed by atoms with Crippen LogP contribution in [0.25, 0.3) is 0 Å². The van der Waals surface area contributed by atoms with Gasteiger partial charge in [-0.15, -0.1) is 0 Å². The summed E-state index contributed by atoms with van der Waals surface area (Å²) in [5.41, 5.74) is 0. The summed E-state index contributed by atoms with van der Waals surface area (Å²) >= 11 is 0. The van der Waals surface area contributed by atoms with Crippen LogP contribution in [0.1, 0.15) is 11.6 Å². The minimum Gasteiger partial charge on any atom is -0.359 e. The fourth-order valence-electron chi connectivity index (χ4n) is 1.30. The summed E-state index contributed by atoms with van der Waals surface area (Å²) in [5.74, 6) is 1.82. The highest BCUT2D eigenvalue weighted by atomic mass is 16.5. The van der Waals surface area contributed by atoms with E-state index in [0.29, 0.717) is 6.54 Å². The van der Waals surface area contributed by atoms with Crippen LogP contribution < -0.4 is 5.32 Å². The Morgan fingerprint density at radius 1 is 1.50 bits per heavy atom. The molecule has 0 aromatic carbocycles. The second kappa shape index (κ2) is 4.06. The van der Waals surface area contributed by atoms with Crippen molar-refractivity contribution in [3.05, 3.63) is 36.2 Å². The molecule has 0 saturated carbocycles. The molecule has 0 aliphatic carbocycles. The lowest BCUT2D eigenvalue weighted by Crippen LogP contribution is -2.12. The quantitative estimate of drug-likeness (QED) is 0.772. The molecule has 0 saturated heterocycles. The topological polar surface area (TPSA) is 55.9 Å². The molecule has 2 aromatic rings. The SMILES string of the molecule is CNCc1nccn1Cc1ccno1. The Labute approximate surface area is 81.7 Å². The fourth-order valence-corrected chi connectivity index (χ4v) is 1.30.